The molecule has 1 fully saturated rings. The normalized spacial score (nSPS) is 24.3. The number of hydrogen-bond donors (Lipinski definition) is 1. The molecule has 0 spiro atoms. The van der Waals surface area contributed by atoms with Crippen LogP contribution < -0.4 is 5.32 Å². The molecule has 1 rings (SSSR count). The molecule has 1 aliphatic carbocycles. The van der Waals surface area contributed by atoms with Crippen LogP contribution in [0.5, 0.6) is 0 Å². The van der Waals surface area contributed by atoms with Crippen molar-refractivity contribution in [2.24, 2.45) is 5.92 Å². The zero-order valence-electron chi connectivity index (χ0n) is 13.8. The van der Waals surface area contributed by atoms with Gasteiger partial charge in [-0.05, 0) is 78.4 Å². The minimum Gasteiger partial charge on any atom is -0.314 e. The van der Waals surface area contributed by atoms with Crippen molar-refractivity contribution in [3.05, 3.63) is 0 Å². The van der Waals surface area contributed by atoms with Crippen molar-refractivity contribution in [3.63, 3.8) is 0 Å². The van der Waals surface area contributed by atoms with Crippen LogP contribution in [0.15, 0.2) is 0 Å². The molecule has 2 nitrogen and oxygen atoms in total. The maximum absolute atomic E-state index is 3.77. The van der Waals surface area contributed by atoms with Gasteiger partial charge in [-0.1, -0.05) is 19.8 Å². The van der Waals surface area contributed by atoms with Gasteiger partial charge < -0.3 is 10.2 Å². The van der Waals surface area contributed by atoms with Gasteiger partial charge in [0.05, 0.1) is 0 Å². The molecule has 1 saturated carbocycles. The fraction of sp³-hybridized carbons (Fsp3) is 1.00. The van der Waals surface area contributed by atoms with Crippen LogP contribution in [-0.2, 0) is 0 Å². The molecule has 0 aliphatic heterocycles. The van der Waals surface area contributed by atoms with E-state index in [-0.39, 0.29) is 0 Å². The van der Waals surface area contributed by atoms with Gasteiger partial charge >= 0.3 is 0 Å². The molecule has 0 radical (unpaired) electrons. The third-order valence-electron chi connectivity index (χ3n) is 4.80. The molecule has 0 aromatic carbocycles. The van der Waals surface area contributed by atoms with E-state index in [1.165, 1.54) is 64.5 Å². The second-order valence-electron chi connectivity index (χ2n) is 6.74. The van der Waals surface area contributed by atoms with Crippen LogP contribution in [0.1, 0.15) is 72.1 Å². The van der Waals surface area contributed by atoms with E-state index in [0.717, 1.165) is 12.0 Å². The summed E-state index contributed by atoms with van der Waals surface area (Å²) in [4.78, 5) is 2.44. The lowest BCUT2D eigenvalue weighted by atomic mass is 9.83. The van der Waals surface area contributed by atoms with Crippen molar-refractivity contribution in [1.82, 2.24) is 10.2 Å². The minimum absolute atomic E-state index is 0.682. The predicted molar refractivity (Wildman–Crippen MR) is 85.7 cm³/mol. The van der Waals surface area contributed by atoms with Gasteiger partial charge in [0.1, 0.15) is 0 Å². The van der Waals surface area contributed by atoms with E-state index in [0.29, 0.717) is 6.04 Å². The summed E-state index contributed by atoms with van der Waals surface area (Å²) < 4.78 is 0. The molecule has 0 saturated heterocycles. The Morgan fingerprint density at radius 1 is 1.11 bits per heavy atom. The topological polar surface area (TPSA) is 15.3 Å². The van der Waals surface area contributed by atoms with E-state index in [1.54, 1.807) is 0 Å². The summed E-state index contributed by atoms with van der Waals surface area (Å²) in [5, 5.41) is 3.77. The van der Waals surface area contributed by atoms with Crippen LogP contribution in [0, 0.1) is 5.92 Å². The highest BCUT2D eigenvalue weighted by Gasteiger charge is 2.19. The molecule has 0 aromatic rings. The van der Waals surface area contributed by atoms with Gasteiger partial charge in [-0.2, -0.15) is 0 Å². The largest absolute Gasteiger partial charge is 0.314 e. The number of hydrogen-bond acceptors (Lipinski definition) is 2. The van der Waals surface area contributed by atoms with Gasteiger partial charge in [0, 0.05) is 12.1 Å². The highest BCUT2D eigenvalue weighted by Crippen LogP contribution is 2.27. The fourth-order valence-electron chi connectivity index (χ4n) is 3.11. The lowest BCUT2D eigenvalue weighted by Crippen LogP contribution is -2.34. The molecule has 19 heavy (non-hydrogen) atoms. The number of nitrogens with zero attached hydrogens (tertiary/aromatic N) is 1. The molecule has 1 aliphatic rings. The smallest absolute Gasteiger partial charge is 0.00672 e. The summed E-state index contributed by atoms with van der Waals surface area (Å²) in [7, 11) is 2.23. The number of unbranched alkanes of at least 4 members (excludes halogenated alkanes) is 1. The maximum Gasteiger partial charge on any atom is 0.00672 e. The Balaban J connectivity index is 1.96. The Bertz CT molecular complexity index is 207. The molecule has 0 aromatic heterocycles. The van der Waals surface area contributed by atoms with E-state index in [1.807, 2.05) is 0 Å². The van der Waals surface area contributed by atoms with E-state index in [9.17, 15) is 0 Å². The van der Waals surface area contributed by atoms with Gasteiger partial charge in [-0.3, -0.25) is 0 Å². The molecule has 0 atom stereocenters. The summed E-state index contributed by atoms with van der Waals surface area (Å²) in [6.07, 6.45) is 11.2. The third kappa shape index (κ3) is 7.31. The monoisotopic (exact) mass is 268 g/mol. The Labute approximate surface area is 121 Å². The quantitative estimate of drug-likeness (QED) is 0.635. The van der Waals surface area contributed by atoms with Gasteiger partial charge in [0.15, 0.2) is 0 Å². The predicted octanol–water partition coefficient (Wildman–Crippen LogP) is 4.06. The Morgan fingerprint density at radius 2 is 1.79 bits per heavy atom. The molecular formula is C17H36N2. The second-order valence-corrected chi connectivity index (χ2v) is 6.74. The zero-order valence-corrected chi connectivity index (χ0v) is 13.8. The molecule has 0 unspecified atom stereocenters. The first kappa shape index (κ1) is 17.0. The summed E-state index contributed by atoms with van der Waals surface area (Å²) in [6, 6.07) is 1.50. The first-order valence-electron chi connectivity index (χ1n) is 8.57. The van der Waals surface area contributed by atoms with Crippen LogP contribution in [-0.4, -0.2) is 37.1 Å². The molecule has 0 amide bonds. The Morgan fingerprint density at radius 3 is 2.37 bits per heavy atom. The molecule has 2 heteroatoms. The van der Waals surface area contributed by atoms with Gasteiger partial charge in [-0.25, -0.2) is 0 Å². The Hall–Kier alpha value is -0.0800. The summed E-state index contributed by atoms with van der Waals surface area (Å²) in [5.74, 6) is 1.03. The number of nitrogens with one attached hydrogen (secondary N) is 1. The highest BCUT2D eigenvalue weighted by molar-refractivity contribution is 4.76. The first-order chi connectivity index (χ1) is 9.13. The van der Waals surface area contributed by atoms with E-state index in [2.05, 4.69) is 38.0 Å². The highest BCUT2D eigenvalue weighted by atomic mass is 15.1. The molecule has 0 heterocycles. The van der Waals surface area contributed by atoms with Crippen molar-refractivity contribution in [2.45, 2.75) is 84.2 Å². The second kappa shape index (κ2) is 9.77. The average Bonchev–Trinajstić information content (AvgIpc) is 2.40. The molecule has 114 valence electrons. The van der Waals surface area contributed by atoms with E-state index < -0.39 is 0 Å². The maximum atomic E-state index is 3.77. The van der Waals surface area contributed by atoms with Crippen LogP contribution in [0.2, 0.25) is 0 Å². The van der Waals surface area contributed by atoms with E-state index >= 15 is 0 Å². The van der Waals surface area contributed by atoms with Crippen LogP contribution in [0.25, 0.3) is 0 Å². The molecule has 0 bridgehead atoms. The van der Waals surface area contributed by atoms with Crippen molar-refractivity contribution < 1.29 is 0 Å². The third-order valence-corrected chi connectivity index (χ3v) is 4.80. The molecule has 1 N–H and O–H groups in total. The van der Waals surface area contributed by atoms with Gasteiger partial charge in [0.2, 0.25) is 0 Å². The van der Waals surface area contributed by atoms with Gasteiger partial charge in [-0.15, -0.1) is 0 Å². The lowest BCUT2D eigenvalue weighted by Gasteiger charge is -2.29. The average molecular weight is 268 g/mol. The fourth-order valence-corrected chi connectivity index (χ4v) is 3.11. The van der Waals surface area contributed by atoms with Crippen LogP contribution in [0.4, 0.5) is 0 Å². The van der Waals surface area contributed by atoms with Gasteiger partial charge in [0.25, 0.3) is 0 Å². The first-order valence-corrected chi connectivity index (χ1v) is 8.57. The zero-order chi connectivity index (χ0) is 14.1. The summed E-state index contributed by atoms with van der Waals surface area (Å²) in [6.45, 7) is 9.32. The van der Waals surface area contributed by atoms with Crippen LogP contribution in [0.3, 0.4) is 0 Å². The van der Waals surface area contributed by atoms with Crippen molar-refractivity contribution in [2.75, 3.05) is 20.1 Å². The summed E-state index contributed by atoms with van der Waals surface area (Å²) in [5.41, 5.74) is 0. The summed E-state index contributed by atoms with van der Waals surface area (Å²) >= 11 is 0. The lowest BCUT2D eigenvalue weighted by molar-refractivity contribution is 0.260. The van der Waals surface area contributed by atoms with E-state index in [4.69, 9.17) is 0 Å². The van der Waals surface area contributed by atoms with Crippen LogP contribution >= 0.6 is 0 Å². The number of rotatable bonds is 9. The molecular weight excluding hydrogens is 232 g/mol. The SMILES string of the molecule is CCCC1CCC(NCCCCN(C)C(C)C)CC1. The van der Waals surface area contributed by atoms with Crippen molar-refractivity contribution in [1.29, 1.82) is 0 Å². The Kier molecular flexibility index (Phi) is 8.72. The van der Waals surface area contributed by atoms with Crippen molar-refractivity contribution in [3.8, 4) is 0 Å². The standard InChI is InChI=1S/C17H36N2/c1-5-8-16-9-11-17(12-10-16)18-13-6-7-14-19(4)15(2)3/h15-18H,5-14H2,1-4H3. The van der Waals surface area contributed by atoms with Crippen molar-refractivity contribution >= 4 is 0 Å². The minimum atomic E-state index is 0.682.